The summed E-state index contributed by atoms with van der Waals surface area (Å²) in [6.45, 7) is 23.1. The predicted octanol–water partition coefficient (Wildman–Crippen LogP) is 5.76. The number of thioether (sulfide) groups is 2. The van der Waals surface area contributed by atoms with E-state index in [4.69, 9.17) is 0 Å². The molecular formula is C38H54Cl2S2Ti2. The van der Waals surface area contributed by atoms with Crippen molar-refractivity contribution in [3.05, 3.63) is 94.2 Å². The van der Waals surface area contributed by atoms with Crippen LogP contribution < -0.4 is 24.8 Å². The van der Waals surface area contributed by atoms with Crippen LogP contribution in [0.25, 0.3) is 0 Å². The maximum atomic E-state index is 3.51. The zero-order valence-electron chi connectivity index (χ0n) is 28.8. The molecule has 0 saturated carbocycles. The van der Waals surface area contributed by atoms with E-state index in [-0.39, 0.29) is 88.6 Å². The van der Waals surface area contributed by atoms with Gasteiger partial charge >= 0.3 is 43.4 Å². The largest absolute Gasteiger partial charge is 2.00 e. The zero-order chi connectivity index (χ0) is 29.6. The van der Waals surface area contributed by atoms with Gasteiger partial charge in [0.2, 0.25) is 0 Å². The molecule has 0 fully saturated rings. The molecule has 2 atom stereocenters. The molecule has 0 saturated heterocycles. The van der Waals surface area contributed by atoms with Crippen LogP contribution in [-0.4, -0.2) is 21.0 Å². The van der Waals surface area contributed by atoms with Gasteiger partial charge < -0.3 is 24.8 Å². The summed E-state index contributed by atoms with van der Waals surface area (Å²) >= 11 is 4.23. The van der Waals surface area contributed by atoms with Crippen LogP contribution in [0.1, 0.15) is 108 Å². The second kappa shape index (κ2) is 20.2. The van der Waals surface area contributed by atoms with Crippen LogP contribution in [0.4, 0.5) is 0 Å². The van der Waals surface area contributed by atoms with Crippen molar-refractivity contribution >= 4 is 23.5 Å². The fraction of sp³-hybridized carbons (Fsp3) is 0.579. The molecule has 0 amide bonds. The number of allylic oxidation sites excluding steroid dienone is 14. The van der Waals surface area contributed by atoms with Crippen molar-refractivity contribution < 1.29 is 68.2 Å². The molecule has 0 heterocycles. The smallest absolute Gasteiger partial charge is 1.00 e. The molecule has 0 aromatic heterocycles. The number of halogens is 2. The van der Waals surface area contributed by atoms with Crippen LogP contribution in [0, 0.1) is 23.0 Å². The van der Waals surface area contributed by atoms with Gasteiger partial charge in [-0.25, -0.2) is 23.3 Å². The molecule has 0 aromatic rings. The Bertz CT molecular complexity index is 1080. The van der Waals surface area contributed by atoms with E-state index in [0.717, 1.165) is 50.0 Å². The summed E-state index contributed by atoms with van der Waals surface area (Å²) in [6, 6.07) is 0. The Kier molecular flexibility index (Phi) is 21.5. The summed E-state index contributed by atoms with van der Waals surface area (Å²) in [5.41, 5.74) is 9.28. The third-order valence-corrected chi connectivity index (χ3v) is 10.9. The number of hydrogen-bond acceptors (Lipinski definition) is 2. The molecule has 4 rings (SSSR count). The molecule has 0 spiro atoms. The maximum Gasteiger partial charge on any atom is 2.00 e. The number of hydrogen-bond donors (Lipinski definition) is 0. The van der Waals surface area contributed by atoms with E-state index in [0.29, 0.717) is 0 Å². The van der Waals surface area contributed by atoms with E-state index in [2.05, 4.69) is 154 Å². The quantitative estimate of drug-likeness (QED) is 0.229. The van der Waals surface area contributed by atoms with Gasteiger partial charge in [0.25, 0.3) is 0 Å². The normalized spacial score (nSPS) is 24.0. The van der Waals surface area contributed by atoms with Crippen molar-refractivity contribution in [2.24, 2.45) is 10.8 Å². The van der Waals surface area contributed by atoms with E-state index < -0.39 is 0 Å². The van der Waals surface area contributed by atoms with Crippen LogP contribution in [0.2, 0.25) is 0 Å². The Labute approximate surface area is 322 Å². The SMILES string of the molecule is CCSC1(CC2=[C-]CC=C2)CC=C(C)C=C1C(C)(C)C.CCSC1(CC2=[C-]CC=C2)CC=C(C)C=C1C(C)(C)C.[Cl-].[Cl-].[Ti+2].[Ti+2]. The second-order valence-electron chi connectivity index (χ2n) is 13.7. The molecule has 240 valence electrons. The first-order valence-electron chi connectivity index (χ1n) is 15.3. The molecule has 4 aliphatic rings. The Hall–Kier alpha value is 0.629. The molecule has 0 radical (unpaired) electrons. The van der Waals surface area contributed by atoms with Crippen molar-refractivity contribution in [2.45, 2.75) is 117 Å². The van der Waals surface area contributed by atoms with Gasteiger partial charge in [0.15, 0.2) is 0 Å². The van der Waals surface area contributed by atoms with Crippen molar-refractivity contribution in [3.63, 3.8) is 0 Å². The van der Waals surface area contributed by atoms with E-state index in [9.17, 15) is 0 Å². The molecule has 0 aliphatic heterocycles. The zero-order valence-corrected chi connectivity index (χ0v) is 35.1. The molecular weight excluding hydrogens is 687 g/mol. The first-order valence-corrected chi connectivity index (χ1v) is 17.3. The molecule has 4 aliphatic carbocycles. The van der Waals surface area contributed by atoms with Crippen molar-refractivity contribution in [1.29, 1.82) is 0 Å². The van der Waals surface area contributed by atoms with Gasteiger partial charge in [-0.3, -0.25) is 12.2 Å². The van der Waals surface area contributed by atoms with Crippen LogP contribution in [0.3, 0.4) is 0 Å². The molecule has 0 aromatic carbocycles. The van der Waals surface area contributed by atoms with Crippen molar-refractivity contribution in [2.75, 3.05) is 11.5 Å². The molecule has 0 N–H and O–H groups in total. The minimum absolute atomic E-state index is 0. The Morgan fingerprint density at radius 2 is 1.00 bits per heavy atom. The third kappa shape index (κ3) is 12.6. The van der Waals surface area contributed by atoms with Gasteiger partial charge in [0.1, 0.15) is 0 Å². The standard InChI is InChI=1S/2C19H27S.2ClH.2Ti/c2*1-6-20-19(14-16-9-7-8-10-16)12-11-15(2)13-17(19)18(3,4)5;;;;/h2*7,9,11,13H,6,8,12,14H2,1-5H3;2*1H;;/q2*-1;;;2*+2/p-2. The molecule has 0 bridgehead atoms. The van der Waals surface area contributed by atoms with Gasteiger partial charge in [-0.1, -0.05) is 90.8 Å². The average molecular weight is 742 g/mol. The van der Waals surface area contributed by atoms with E-state index in [1.165, 1.54) is 22.3 Å². The average Bonchev–Trinajstić information content (AvgIpc) is 3.56. The van der Waals surface area contributed by atoms with Gasteiger partial charge in [-0.2, -0.15) is 35.7 Å². The van der Waals surface area contributed by atoms with Crippen LogP contribution in [-0.2, 0) is 43.4 Å². The minimum atomic E-state index is 0. The van der Waals surface area contributed by atoms with E-state index >= 15 is 0 Å². The molecule has 2 unspecified atom stereocenters. The molecule has 6 heteroatoms. The van der Waals surface area contributed by atoms with Crippen LogP contribution >= 0.6 is 23.5 Å². The second-order valence-corrected chi connectivity index (χ2v) is 17.0. The Balaban J connectivity index is 0. The predicted molar refractivity (Wildman–Crippen MR) is 184 cm³/mol. The third-order valence-electron chi connectivity index (χ3n) is 8.17. The topological polar surface area (TPSA) is 0 Å². The van der Waals surface area contributed by atoms with Crippen molar-refractivity contribution in [3.8, 4) is 0 Å². The fourth-order valence-corrected chi connectivity index (χ4v) is 9.59. The fourth-order valence-electron chi connectivity index (χ4n) is 6.53. The van der Waals surface area contributed by atoms with E-state index in [1.54, 1.807) is 11.1 Å². The van der Waals surface area contributed by atoms with Gasteiger partial charge in [-0.15, -0.1) is 12.8 Å². The van der Waals surface area contributed by atoms with Gasteiger partial charge in [-0.05, 0) is 73.0 Å². The molecule has 44 heavy (non-hydrogen) atoms. The Morgan fingerprint density at radius 3 is 1.25 bits per heavy atom. The number of rotatable bonds is 8. The first-order chi connectivity index (χ1) is 18.7. The summed E-state index contributed by atoms with van der Waals surface area (Å²) < 4.78 is 0.451. The van der Waals surface area contributed by atoms with Crippen LogP contribution in [0.15, 0.2) is 82.0 Å². The summed E-state index contributed by atoms with van der Waals surface area (Å²) in [4.78, 5) is 0. The minimum Gasteiger partial charge on any atom is -1.00 e. The first kappa shape index (κ1) is 46.7. The maximum absolute atomic E-state index is 3.51. The molecule has 0 nitrogen and oxygen atoms in total. The van der Waals surface area contributed by atoms with E-state index in [1.807, 2.05) is 0 Å². The van der Waals surface area contributed by atoms with Crippen LogP contribution in [0.5, 0.6) is 0 Å². The Morgan fingerprint density at radius 1 is 0.659 bits per heavy atom. The van der Waals surface area contributed by atoms with Gasteiger partial charge in [0.05, 0.1) is 0 Å². The summed E-state index contributed by atoms with van der Waals surface area (Å²) in [7, 11) is 0. The van der Waals surface area contributed by atoms with Crippen molar-refractivity contribution in [1.82, 2.24) is 0 Å². The summed E-state index contributed by atoms with van der Waals surface area (Å²) in [5.74, 6) is 2.33. The van der Waals surface area contributed by atoms with Gasteiger partial charge in [0, 0.05) is 9.49 Å². The monoisotopic (exact) mass is 740 g/mol. The summed E-state index contributed by atoms with van der Waals surface area (Å²) in [5, 5.41) is 0. The summed E-state index contributed by atoms with van der Waals surface area (Å²) in [6.07, 6.45) is 32.2.